The van der Waals surface area contributed by atoms with E-state index in [0.29, 0.717) is 5.75 Å². The summed E-state index contributed by atoms with van der Waals surface area (Å²) in [4.78, 5) is 5.58. The Balaban J connectivity index is 1.93. The lowest BCUT2D eigenvalue weighted by atomic mass is 10.0. The molecule has 0 saturated heterocycles. The van der Waals surface area contributed by atoms with Gasteiger partial charge in [-0.3, -0.25) is 0 Å². The Kier molecular flexibility index (Phi) is 5.16. The van der Waals surface area contributed by atoms with Crippen LogP contribution in [0.2, 0.25) is 0 Å². The standard InChI is InChI=1S/C19H19NOS2/c1-14-18(22-15(2)20-14)13-23(21)19(16-9-5-3-6-10-16)17-11-7-4-8-12-17/h3-12,19H,13H2,1-2H3. The fourth-order valence-electron chi connectivity index (χ4n) is 2.67. The molecule has 3 aromatic rings. The van der Waals surface area contributed by atoms with Gasteiger partial charge in [-0.15, -0.1) is 11.3 Å². The fourth-order valence-corrected chi connectivity index (χ4v) is 5.54. The first-order chi connectivity index (χ1) is 11.1. The van der Waals surface area contributed by atoms with Crippen LogP contribution in [-0.4, -0.2) is 9.54 Å². The minimum Gasteiger partial charge on any atom is -0.615 e. The van der Waals surface area contributed by atoms with Crippen LogP contribution in [0.5, 0.6) is 0 Å². The molecule has 3 rings (SSSR count). The molecule has 0 aliphatic heterocycles. The van der Waals surface area contributed by atoms with Gasteiger partial charge in [0.2, 0.25) is 0 Å². The number of benzene rings is 2. The average molecular weight is 342 g/mol. The molecule has 0 bridgehead atoms. The Morgan fingerprint density at radius 1 is 0.957 bits per heavy atom. The molecule has 0 radical (unpaired) electrons. The zero-order valence-corrected chi connectivity index (χ0v) is 14.9. The van der Waals surface area contributed by atoms with Crippen LogP contribution in [0, 0.1) is 13.8 Å². The summed E-state index contributed by atoms with van der Waals surface area (Å²) in [6.07, 6.45) is 0. The molecule has 4 heteroatoms. The molecule has 23 heavy (non-hydrogen) atoms. The van der Waals surface area contributed by atoms with Crippen molar-refractivity contribution >= 4 is 22.5 Å². The maximum Gasteiger partial charge on any atom is 0.166 e. The fraction of sp³-hybridized carbons (Fsp3) is 0.211. The summed E-state index contributed by atoms with van der Waals surface area (Å²) in [5.41, 5.74) is 3.19. The van der Waals surface area contributed by atoms with E-state index in [-0.39, 0.29) is 5.25 Å². The second-order valence-electron chi connectivity index (χ2n) is 5.47. The van der Waals surface area contributed by atoms with Crippen molar-refractivity contribution in [3.8, 4) is 0 Å². The highest BCUT2D eigenvalue weighted by Crippen LogP contribution is 2.34. The van der Waals surface area contributed by atoms with E-state index in [4.69, 9.17) is 0 Å². The van der Waals surface area contributed by atoms with Crippen LogP contribution in [0.25, 0.3) is 0 Å². The lowest BCUT2D eigenvalue weighted by Gasteiger charge is -2.22. The lowest BCUT2D eigenvalue weighted by molar-refractivity contribution is 0.587. The van der Waals surface area contributed by atoms with E-state index in [2.05, 4.69) is 29.2 Å². The summed E-state index contributed by atoms with van der Waals surface area (Å²) in [5, 5.41) is 0.921. The molecule has 0 aliphatic carbocycles. The van der Waals surface area contributed by atoms with Gasteiger partial charge in [-0.05, 0) is 25.0 Å². The van der Waals surface area contributed by atoms with E-state index in [1.165, 1.54) is 0 Å². The second-order valence-corrected chi connectivity index (χ2v) is 8.28. The molecule has 2 nitrogen and oxygen atoms in total. The summed E-state index contributed by atoms with van der Waals surface area (Å²) in [6.45, 7) is 3.99. The van der Waals surface area contributed by atoms with Crippen molar-refractivity contribution in [2.24, 2.45) is 0 Å². The van der Waals surface area contributed by atoms with Crippen LogP contribution in [-0.2, 0) is 16.9 Å². The van der Waals surface area contributed by atoms with Gasteiger partial charge in [-0.25, -0.2) is 4.98 Å². The largest absolute Gasteiger partial charge is 0.615 e. The van der Waals surface area contributed by atoms with Crippen molar-refractivity contribution in [3.63, 3.8) is 0 Å². The molecule has 0 spiro atoms. The molecule has 1 heterocycles. The van der Waals surface area contributed by atoms with Crippen molar-refractivity contribution < 1.29 is 4.55 Å². The Bertz CT molecular complexity index is 716. The zero-order valence-electron chi connectivity index (χ0n) is 13.2. The highest BCUT2D eigenvalue weighted by Gasteiger charge is 2.28. The molecule has 0 fully saturated rings. The van der Waals surface area contributed by atoms with Gasteiger partial charge in [0.05, 0.1) is 15.6 Å². The third-order valence-corrected chi connectivity index (χ3v) is 6.64. The van der Waals surface area contributed by atoms with Gasteiger partial charge in [0.25, 0.3) is 0 Å². The van der Waals surface area contributed by atoms with Crippen LogP contribution < -0.4 is 0 Å². The number of hydrogen-bond acceptors (Lipinski definition) is 3. The quantitative estimate of drug-likeness (QED) is 0.625. The van der Waals surface area contributed by atoms with Crippen molar-refractivity contribution in [1.29, 1.82) is 0 Å². The first kappa shape index (κ1) is 16.2. The molecule has 1 unspecified atom stereocenters. The van der Waals surface area contributed by atoms with E-state index in [0.717, 1.165) is 26.7 Å². The predicted molar refractivity (Wildman–Crippen MR) is 98.2 cm³/mol. The molecule has 1 atom stereocenters. The number of hydrogen-bond donors (Lipinski definition) is 0. The Morgan fingerprint density at radius 2 is 1.48 bits per heavy atom. The highest BCUT2D eigenvalue weighted by molar-refractivity contribution is 7.91. The summed E-state index contributed by atoms with van der Waals surface area (Å²) in [5.74, 6) is 0.547. The van der Waals surface area contributed by atoms with Crippen molar-refractivity contribution in [3.05, 3.63) is 87.4 Å². The molecule has 0 saturated carbocycles. The Hall–Kier alpha value is -1.62. The van der Waals surface area contributed by atoms with Gasteiger partial charge < -0.3 is 4.55 Å². The monoisotopic (exact) mass is 341 g/mol. The third-order valence-electron chi connectivity index (χ3n) is 3.74. The van der Waals surface area contributed by atoms with Gasteiger partial charge in [-0.1, -0.05) is 60.7 Å². The van der Waals surface area contributed by atoms with Crippen LogP contribution >= 0.6 is 11.3 Å². The van der Waals surface area contributed by atoms with Gasteiger partial charge in [0.15, 0.2) is 5.25 Å². The first-order valence-electron chi connectivity index (χ1n) is 7.55. The number of thiazole rings is 1. The summed E-state index contributed by atoms with van der Waals surface area (Å²) < 4.78 is 13.2. The average Bonchev–Trinajstić information content (AvgIpc) is 2.87. The summed E-state index contributed by atoms with van der Waals surface area (Å²) in [6, 6.07) is 20.2. The molecule has 0 N–H and O–H groups in total. The smallest absolute Gasteiger partial charge is 0.166 e. The maximum atomic E-state index is 13.2. The molecule has 2 aromatic carbocycles. The predicted octanol–water partition coefficient (Wildman–Crippen LogP) is 4.80. The summed E-state index contributed by atoms with van der Waals surface area (Å²) >= 11 is 0.609. The van der Waals surface area contributed by atoms with E-state index in [9.17, 15) is 4.55 Å². The maximum absolute atomic E-state index is 13.2. The van der Waals surface area contributed by atoms with E-state index in [1.807, 2.05) is 50.2 Å². The van der Waals surface area contributed by atoms with Crippen molar-refractivity contribution in [2.45, 2.75) is 24.9 Å². The van der Waals surface area contributed by atoms with Crippen LogP contribution in [0.4, 0.5) is 0 Å². The highest BCUT2D eigenvalue weighted by atomic mass is 32.2. The molecular formula is C19H19NOS2. The molecular weight excluding hydrogens is 322 g/mol. The number of aryl methyl sites for hydroxylation is 2. The zero-order chi connectivity index (χ0) is 16.2. The number of nitrogens with zero attached hydrogens (tertiary/aromatic N) is 1. The van der Waals surface area contributed by atoms with Gasteiger partial charge in [0, 0.05) is 11.1 Å². The SMILES string of the molecule is Cc1nc(C)c(C[S+]([O-])C(c2ccccc2)c2ccccc2)s1. The minimum absolute atomic E-state index is 0.112. The van der Waals surface area contributed by atoms with Crippen molar-refractivity contribution in [2.75, 3.05) is 0 Å². The van der Waals surface area contributed by atoms with E-state index >= 15 is 0 Å². The molecule has 1 aromatic heterocycles. The number of rotatable bonds is 5. The topological polar surface area (TPSA) is 36.0 Å². The van der Waals surface area contributed by atoms with Crippen molar-refractivity contribution in [1.82, 2.24) is 4.98 Å². The Morgan fingerprint density at radius 3 is 1.91 bits per heavy atom. The molecule has 0 amide bonds. The van der Waals surface area contributed by atoms with Gasteiger partial charge >= 0.3 is 0 Å². The molecule has 0 aliphatic rings. The second kappa shape index (κ2) is 7.30. The summed E-state index contributed by atoms with van der Waals surface area (Å²) in [7, 11) is 0. The molecule has 118 valence electrons. The van der Waals surface area contributed by atoms with Crippen LogP contribution in [0.15, 0.2) is 60.7 Å². The van der Waals surface area contributed by atoms with Gasteiger partial charge in [-0.2, -0.15) is 0 Å². The minimum atomic E-state index is -1.04. The van der Waals surface area contributed by atoms with Gasteiger partial charge in [0.1, 0.15) is 5.75 Å². The van der Waals surface area contributed by atoms with Crippen LogP contribution in [0.1, 0.15) is 32.0 Å². The van der Waals surface area contributed by atoms with E-state index in [1.54, 1.807) is 11.3 Å². The number of aromatic nitrogens is 1. The normalized spacial score (nSPS) is 12.5. The first-order valence-corrected chi connectivity index (χ1v) is 9.75. The van der Waals surface area contributed by atoms with E-state index < -0.39 is 11.2 Å². The van der Waals surface area contributed by atoms with Crippen LogP contribution in [0.3, 0.4) is 0 Å². The lowest BCUT2D eigenvalue weighted by Crippen LogP contribution is -2.17. The Labute approximate surface area is 144 Å². The third kappa shape index (κ3) is 3.83.